The van der Waals surface area contributed by atoms with E-state index in [-0.39, 0.29) is 5.91 Å². The first kappa shape index (κ1) is 17.7. The highest BCUT2D eigenvalue weighted by Crippen LogP contribution is 2.20. The number of likely N-dealkylation sites (N-methyl/N-ethyl adjacent to an activating group) is 1. The molecule has 2 heterocycles. The predicted octanol–water partition coefficient (Wildman–Crippen LogP) is -0.490. The largest absolute Gasteiger partial charge is 0.494 e. The molecule has 0 unspecified atom stereocenters. The van der Waals surface area contributed by atoms with E-state index >= 15 is 0 Å². The molecule has 8 nitrogen and oxygen atoms in total. The highest BCUT2D eigenvalue weighted by atomic mass is 32.2. The normalized spacial score (nSPS) is 15.4. The van der Waals surface area contributed by atoms with Crippen molar-refractivity contribution in [2.75, 3.05) is 45.6 Å². The summed E-state index contributed by atoms with van der Waals surface area (Å²) in [4.78, 5) is 15.8. The predicted molar refractivity (Wildman–Crippen MR) is 94.2 cm³/mol. The fraction of sp³-hybridized carbons (Fsp3) is 0.500. The van der Waals surface area contributed by atoms with Crippen molar-refractivity contribution in [3.05, 3.63) is 24.3 Å². The Morgan fingerprint density at radius 2 is 2.00 bits per heavy atom. The van der Waals surface area contributed by atoms with E-state index < -0.39 is 0 Å². The Bertz CT molecular complexity index is 697. The molecular weight excluding hydrogens is 340 g/mol. The standard InChI is InChI=1S/C16H22N6O2S/c1-3-24-14-6-4-13(5-7-14)22-16(17-18-19-22)25-12-15(23)21-10-8-20(2)9-11-21/h4-7H,3,8-12H2,1-2H3/p+1. The fourth-order valence-corrected chi connectivity index (χ4v) is 3.43. The molecule has 1 aromatic heterocycles. The van der Waals surface area contributed by atoms with Crippen molar-refractivity contribution in [2.45, 2.75) is 12.1 Å². The van der Waals surface area contributed by atoms with E-state index in [0.29, 0.717) is 17.5 Å². The number of hydrogen-bond acceptors (Lipinski definition) is 6. The molecule has 0 aliphatic carbocycles. The summed E-state index contributed by atoms with van der Waals surface area (Å²) in [5.41, 5.74) is 0.839. The second-order valence-corrected chi connectivity index (χ2v) is 6.87. The van der Waals surface area contributed by atoms with Crippen LogP contribution in [0.2, 0.25) is 0 Å². The van der Waals surface area contributed by atoms with Gasteiger partial charge in [-0.15, -0.1) is 5.10 Å². The number of aromatic nitrogens is 4. The first-order valence-electron chi connectivity index (χ1n) is 8.41. The number of tetrazole rings is 1. The first-order valence-corrected chi connectivity index (χ1v) is 9.39. The zero-order chi connectivity index (χ0) is 17.6. The van der Waals surface area contributed by atoms with Gasteiger partial charge in [0.05, 0.1) is 51.3 Å². The third-order valence-electron chi connectivity index (χ3n) is 4.13. The maximum atomic E-state index is 12.4. The topological polar surface area (TPSA) is 77.6 Å². The molecule has 1 aliphatic heterocycles. The minimum atomic E-state index is 0.138. The molecule has 0 radical (unpaired) electrons. The van der Waals surface area contributed by atoms with Gasteiger partial charge in [-0.25, -0.2) is 0 Å². The van der Waals surface area contributed by atoms with Gasteiger partial charge in [-0.05, 0) is 41.6 Å². The molecule has 1 N–H and O–H groups in total. The van der Waals surface area contributed by atoms with Gasteiger partial charge in [0.2, 0.25) is 11.1 Å². The van der Waals surface area contributed by atoms with E-state index in [0.717, 1.165) is 37.6 Å². The van der Waals surface area contributed by atoms with Crippen LogP contribution < -0.4 is 9.64 Å². The van der Waals surface area contributed by atoms with Crippen LogP contribution in [-0.2, 0) is 4.79 Å². The smallest absolute Gasteiger partial charge is 0.233 e. The van der Waals surface area contributed by atoms with Crippen molar-refractivity contribution in [3.63, 3.8) is 0 Å². The quantitative estimate of drug-likeness (QED) is 0.698. The van der Waals surface area contributed by atoms with Crippen LogP contribution in [-0.4, -0.2) is 76.6 Å². The number of hydrogen-bond donors (Lipinski definition) is 1. The third kappa shape index (κ3) is 4.49. The number of carbonyl (C=O) groups is 1. The summed E-state index contributed by atoms with van der Waals surface area (Å²) in [6.45, 7) is 6.20. The van der Waals surface area contributed by atoms with Crippen LogP contribution in [0.25, 0.3) is 5.69 Å². The number of ether oxygens (including phenoxy) is 1. The Hall–Kier alpha value is -2.13. The number of quaternary nitrogens is 1. The SMILES string of the molecule is CCOc1ccc(-n2nnnc2SCC(=O)N2CC[NH+](C)CC2)cc1. The highest BCUT2D eigenvalue weighted by molar-refractivity contribution is 7.99. The fourth-order valence-electron chi connectivity index (χ4n) is 2.64. The summed E-state index contributed by atoms with van der Waals surface area (Å²) in [6, 6.07) is 7.56. The number of carbonyl (C=O) groups excluding carboxylic acids is 1. The molecule has 0 saturated carbocycles. The van der Waals surface area contributed by atoms with E-state index in [1.54, 1.807) is 4.68 Å². The number of rotatable bonds is 6. The Kier molecular flexibility index (Phi) is 5.87. The highest BCUT2D eigenvalue weighted by Gasteiger charge is 2.22. The molecule has 0 atom stereocenters. The Balaban J connectivity index is 1.61. The average molecular weight is 363 g/mol. The van der Waals surface area contributed by atoms with E-state index in [1.165, 1.54) is 16.7 Å². The Morgan fingerprint density at radius 1 is 1.28 bits per heavy atom. The van der Waals surface area contributed by atoms with Gasteiger partial charge in [-0.2, -0.15) is 4.68 Å². The van der Waals surface area contributed by atoms with E-state index in [4.69, 9.17) is 4.74 Å². The molecule has 0 spiro atoms. The van der Waals surface area contributed by atoms with Crippen LogP contribution in [0.4, 0.5) is 0 Å². The summed E-state index contributed by atoms with van der Waals surface area (Å²) in [5, 5.41) is 12.4. The summed E-state index contributed by atoms with van der Waals surface area (Å²) >= 11 is 1.36. The lowest BCUT2D eigenvalue weighted by molar-refractivity contribution is -0.883. The van der Waals surface area contributed by atoms with Crippen molar-refractivity contribution in [3.8, 4) is 11.4 Å². The minimum Gasteiger partial charge on any atom is -0.494 e. The van der Waals surface area contributed by atoms with Gasteiger partial charge in [-0.1, -0.05) is 11.8 Å². The zero-order valence-electron chi connectivity index (χ0n) is 14.5. The molecule has 1 aromatic carbocycles. The van der Waals surface area contributed by atoms with Gasteiger partial charge in [0.15, 0.2) is 0 Å². The second kappa shape index (κ2) is 8.30. The molecule has 25 heavy (non-hydrogen) atoms. The molecule has 9 heteroatoms. The summed E-state index contributed by atoms with van der Waals surface area (Å²) in [5.74, 6) is 1.29. The van der Waals surface area contributed by atoms with Gasteiger partial charge in [-0.3, -0.25) is 4.79 Å². The molecule has 1 aliphatic rings. The second-order valence-electron chi connectivity index (χ2n) is 5.93. The number of benzene rings is 1. The van der Waals surface area contributed by atoms with Crippen LogP contribution >= 0.6 is 11.8 Å². The van der Waals surface area contributed by atoms with Gasteiger partial charge < -0.3 is 14.5 Å². The zero-order valence-corrected chi connectivity index (χ0v) is 15.3. The van der Waals surface area contributed by atoms with Crippen molar-refractivity contribution in [2.24, 2.45) is 0 Å². The molecule has 3 rings (SSSR count). The van der Waals surface area contributed by atoms with Crippen LogP contribution in [0.15, 0.2) is 29.4 Å². The molecule has 134 valence electrons. The maximum absolute atomic E-state index is 12.4. The van der Waals surface area contributed by atoms with Crippen molar-refractivity contribution < 1.29 is 14.4 Å². The number of nitrogens with one attached hydrogen (secondary N) is 1. The molecular formula is C16H23N6O2S+. The van der Waals surface area contributed by atoms with Gasteiger partial charge in [0.1, 0.15) is 5.75 Å². The van der Waals surface area contributed by atoms with Gasteiger partial charge in [0.25, 0.3) is 0 Å². The number of nitrogens with zero attached hydrogens (tertiary/aromatic N) is 5. The van der Waals surface area contributed by atoms with Gasteiger partial charge >= 0.3 is 0 Å². The first-order chi connectivity index (χ1) is 12.2. The van der Waals surface area contributed by atoms with Crippen LogP contribution in [0.1, 0.15) is 6.92 Å². The third-order valence-corrected chi connectivity index (χ3v) is 5.03. The van der Waals surface area contributed by atoms with Crippen molar-refractivity contribution >= 4 is 17.7 Å². The van der Waals surface area contributed by atoms with Gasteiger partial charge in [0, 0.05) is 0 Å². The van der Waals surface area contributed by atoms with E-state index in [9.17, 15) is 4.79 Å². The molecule has 2 aromatic rings. The number of thioether (sulfide) groups is 1. The Labute approximate surface area is 151 Å². The molecule has 1 amide bonds. The lowest BCUT2D eigenvalue weighted by Gasteiger charge is -2.29. The average Bonchev–Trinajstić information content (AvgIpc) is 3.10. The van der Waals surface area contributed by atoms with Crippen molar-refractivity contribution in [1.82, 2.24) is 25.1 Å². The van der Waals surface area contributed by atoms with Crippen molar-refractivity contribution in [1.29, 1.82) is 0 Å². The molecule has 1 saturated heterocycles. The monoisotopic (exact) mass is 363 g/mol. The summed E-state index contributed by atoms with van der Waals surface area (Å²) < 4.78 is 7.08. The number of amides is 1. The van der Waals surface area contributed by atoms with Crippen LogP contribution in [0.3, 0.4) is 0 Å². The van der Waals surface area contributed by atoms with Crippen LogP contribution in [0.5, 0.6) is 5.75 Å². The summed E-state index contributed by atoms with van der Waals surface area (Å²) in [7, 11) is 2.15. The summed E-state index contributed by atoms with van der Waals surface area (Å²) in [6.07, 6.45) is 0. The lowest BCUT2D eigenvalue weighted by atomic mass is 10.3. The maximum Gasteiger partial charge on any atom is 0.233 e. The number of piperazine rings is 1. The Morgan fingerprint density at radius 3 is 2.68 bits per heavy atom. The lowest BCUT2D eigenvalue weighted by Crippen LogP contribution is -3.12. The molecule has 1 fully saturated rings. The minimum absolute atomic E-state index is 0.138. The van der Waals surface area contributed by atoms with E-state index in [1.807, 2.05) is 36.1 Å². The van der Waals surface area contributed by atoms with E-state index in [2.05, 4.69) is 22.6 Å². The molecule has 0 bridgehead atoms. The van der Waals surface area contributed by atoms with Crippen LogP contribution in [0, 0.1) is 0 Å².